The summed E-state index contributed by atoms with van der Waals surface area (Å²) in [6.45, 7) is 0.134. The van der Waals surface area contributed by atoms with Gasteiger partial charge >= 0.3 is 0 Å². The van der Waals surface area contributed by atoms with Crippen LogP contribution in [-0.4, -0.2) is 16.6 Å². The fourth-order valence-electron chi connectivity index (χ4n) is 2.77. The van der Waals surface area contributed by atoms with Gasteiger partial charge in [-0.1, -0.05) is 24.3 Å². The molecule has 1 saturated heterocycles. The topological polar surface area (TPSA) is 20.2 Å². The van der Waals surface area contributed by atoms with Crippen molar-refractivity contribution in [3.63, 3.8) is 0 Å². The molecule has 0 amide bonds. The lowest BCUT2D eigenvalue weighted by molar-refractivity contribution is 0.283. The molecule has 3 rings (SSSR count). The Bertz CT molecular complexity index is 544. The average molecular weight is 259 g/mol. The Morgan fingerprint density at radius 3 is 2.33 bits per heavy atom. The zero-order valence-corrected chi connectivity index (χ0v) is 11.4. The highest BCUT2D eigenvalue weighted by molar-refractivity contribution is 7.97. The molecular weight excluding hydrogens is 240 g/mol. The molecule has 1 heterocycles. The molecule has 1 aliphatic rings. The Morgan fingerprint density at radius 2 is 1.61 bits per heavy atom. The largest absolute Gasteiger partial charge is 0.392 e. The highest BCUT2D eigenvalue weighted by atomic mass is 32.2. The number of benzene rings is 2. The maximum Gasteiger partial charge on any atom is 0.162 e. The quantitative estimate of drug-likeness (QED) is 0.819. The third kappa shape index (κ3) is 2.15. The first-order valence-corrected chi connectivity index (χ1v) is 8.25. The molecule has 2 heteroatoms. The summed E-state index contributed by atoms with van der Waals surface area (Å²) in [4.78, 5) is 1.52. The molecule has 0 unspecified atom stereocenters. The molecule has 2 aromatic rings. The van der Waals surface area contributed by atoms with E-state index in [9.17, 15) is 5.11 Å². The van der Waals surface area contributed by atoms with Crippen molar-refractivity contribution in [3.8, 4) is 0 Å². The summed E-state index contributed by atoms with van der Waals surface area (Å²) >= 11 is 0. The van der Waals surface area contributed by atoms with Crippen LogP contribution in [0.2, 0.25) is 0 Å². The second kappa shape index (κ2) is 5.33. The predicted molar refractivity (Wildman–Crippen MR) is 79.1 cm³/mol. The van der Waals surface area contributed by atoms with Crippen LogP contribution in [0.5, 0.6) is 0 Å². The van der Waals surface area contributed by atoms with Crippen LogP contribution >= 0.6 is 0 Å². The number of hydrogen-bond donors (Lipinski definition) is 1. The standard InChI is InChI=1S/C16H19OS/c17-12-13-8-9-16(18-10-4-1-5-11-18)15-7-3-2-6-14(13)15/h2-3,6-9,17H,1,4-5,10-12H2/q+1. The SMILES string of the molecule is OCc1ccc([S+]2CCCCC2)c2ccccc12. The van der Waals surface area contributed by atoms with E-state index in [4.69, 9.17) is 0 Å². The first-order valence-electron chi connectivity index (χ1n) is 6.69. The molecular formula is C16H19OS+. The summed E-state index contributed by atoms with van der Waals surface area (Å²) in [6, 6.07) is 12.9. The van der Waals surface area contributed by atoms with Crippen molar-refractivity contribution >= 4 is 21.7 Å². The lowest BCUT2D eigenvalue weighted by atomic mass is 10.1. The van der Waals surface area contributed by atoms with Gasteiger partial charge in [0.2, 0.25) is 0 Å². The van der Waals surface area contributed by atoms with Crippen molar-refractivity contribution in [2.45, 2.75) is 30.8 Å². The van der Waals surface area contributed by atoms with E-state index in [1.165, 1.54) is 46.4 Å². The zero-order chi connectivity index (χ0) is 12.4. The number of fused-ring (bicyclic) bond motifs is 1. The first kappa shape index (κ1) is 12.1. The van der Waals surface area contributed by atoms with Crippen LogP contribution < -0.4 is 0 Å². The molecule has 1 fully saturated rings. The van der Waals surface area contributed by atoms with Gasteiger partial charge in [-0.05, 0) is 42.3 Å². The molecule has 1 nitrogen and oxygen atoms in total. The molecule has 94 valence electrons. The summed E-state index contributed by atoms with van der Waals surface area (Å²) in [5, 5.41) is 12.0. The highest BCUT2D eigenvalue weighted by Crippen LogP contribution is 2.31. The van der Waals surface area contributed by atoms with Gasteiger partial charge < -0.3 is 5.11 Å². The van der Waals surface area contributed by atoms with E-state index in [-0.39, 0.29) is 6.61 Å². The Labute approximate surface area is 111 Å². The molecule has 0 saturated carbocycles. The average Bonchev–Trinajstić information content (AvgIpc) is 2.47. The fourth-order valence-corrected chi connectivity index (χ4v) is 5.27. The van der Waals surface area contributed by atoms with Crippen LogP contribution in [0.1, 0.15) is 24.8 Å². The molecule has 0 aliphatic carbocycles. The van der Waals surface area contributed by atoms with E-state index in [1.54, 1.807) is 0 Å². The van der Waals surface area contributed by atoms with Crippen LogP contribution in [0.15, 0.2) is 41.3 Å². The summed E-state index contributed by atoms with van der Waals surface area (Å²) in [6.07, 6.45) is 4.15. The van der Waals surface area contributed by atoms with Gasteiger partial charge in [0.05, 0.1) is 6.61 Å². The second-order valence-electron chi connectivity index (χ2n) is 4.89. The van der Waals surface area contributed by atoms with Gasteiger partial charge in [-0.25, -0.2) is 0 Å². The molecule has 1 N–H and O–H groups in total. The van der Waals surface area contributed by atoms with Crippen LogP contribution in [-0.2, 0) is 17.5 Å². The Kier molecular flexibility index (Phi) is 3.57. The van der Waals surface area contributed by atoms with Crippen molar-refractivity contribution in [3.05, 3.63) is 42.0 Å². The van der Waals surface area contributed by atoms with Gasteiger partial charge in [0.1, 0.15) is 11.5 Å². The smallest absolute Gasteiger partial charge is 0.162 e. The molecule has 0 aromatic heterocycles. The molecule has 18 heavy (non-hydrogen) atoms. The lowest BCUT2D eigenvalue weighted by Gasteiger charge is -2.15. The van der Waals surface area contributed by atoms with Crippen molar-refractivity contribution in [1.29, 1.82) is 0 Å². The maximum absolute atomic E-state index is 9.44. The molecule has 1 aliphatic heterocycles. The summed E-state index contributed by atoms with van der Waals surface area (Å²) in [5.74, 6) is 2.70. The van der Waals surface area contributed by atoms with Crippen LogP contribution in [0, 0.1) is 0 Å². The van der Waals surface area contributed by atoms with E-state index >= 15 is 0 Å². The van der Waals surface area contributed by atoms with Crippen molar-refractivity contribution < 1.29 is 5.11 Å². The van der Waals surface area contributed by atoms with Gasteiger partial charge in [0.25, 0.3) is 0 Å². The predicted octanol–water partition coefficient (Wildman–Crippen LogP) is 3.49. The van der Waals surface area contributed by atoms with Gasteiger partial charge in [-0.2, -0.15) is 0 Å². The van der Waals surface area contributed by atoms with E-state index in [2.05, 4.69) is 36.4 Å². The normalized spacial score (nSPS) is 17.2. The number of aliphatic hydroxyl groups excluding tert-OH is 1. The van der Waals surface area contributed by atoms with Gasteiger partial charge in [-0.3, -0.25) is 0 Å². The summed E-state index contributed by atoms with van der Waals surface area (Å²) < 4.78 is 0. The number of rotatable bonds is 2. The van der Waals surface area contributed by atoms with Crippen molar-refractivity contribution in [2.75, 3.05) is 11.5 Å². The minimum absolute atomic E-state index is 0.134. The zero-order valence-electron chi connectivity index (χ0n) is 10.6. The number of hydrogen-bond acceptors (Lipinski definition) is 1. The second-order valence-corrected chi connectivity index (χ2v) is 7.13. The third-order valence-electron chi connectivity index (χ3n) is 3.74. The minimum Gasteiger partial charge on any atom is -0.392 e. The summed E-state index contributed by atoms with van der Waals surface area (Å²) in [5.41, 5.74) is 1.05. The maximum atomic E-state index is 9.44. The van der Waals surface area contributed by atoms with Crippen LogP contribution in [0.3, 0.4) is 0 Å². The van der Waals surface area contributed by atoms with Crippen LogP contribution in [0.4, 0.5) is 0 Å². The monoisotopic (exact) mass is 259 g/mol. The van der Waals surface area contributed by atoms with Crippen molar-refractivity contribution in [1.82, 2.24) is 0 Å². The molecule has 0 radical (unpaired) electrons. The van der Waals surface area contributed by atoms with E-state index in [1.807, 2.05) is 0 Å². The van der Waals surface area contributed by atoms with E-state index in [0.717, 1.165) is 5.56 Å². The van der Waals surface area contributed by atoms with Crippen LogP contribution in [0.25, 0.3) is 10.8 Å². The minimum atomic E-state index is 0.134. The first-order chi connectivity index (χ1) is 8.90. The highest BCUT2D eigenvalue weighted by Gasteiger charge is 2.26. The lowest BCUT2D eigenvalue weighted by Crippen LogP contribution is -2.18. The van der Waals surface area contributed by atoms with E-state index in [0.29, 0.717) is 10.9 Å². The van der Waals surface area contributed by atoms with E-state index < -0.39 is 0 Å². The third-order valence-corrected chi connectivity index (χ3v) is 6.28. The van der Waals surface area contributed by atoms with Gasteiger partial charge in [0.15, 0.2) is 4.90 Å². The van der Waals surface area contributed by atoms with Gasteiger partial charge in [0, 0.05) is 16.3 Å². The molecule has 0 spiro atoms. The molecule has 0 atom stereocenters. The van der Waals surface area contributed by atoms with Crippen molar-refractivity contribution in [2.24, 2.45) is 0 Å². The molecule has 0 bridgehead atoms. The fraction of sp³-hybridized carbons (Fsp3) is 0.375. The Morgan fingerprint density at radius 1 is 0.889 bits per heavy atom. The molecule has 2 aromatic carbocycles. The number of aliphatic hydroxyl groups is 1. The van der Waals surface area contributed by atoms with Gasteiger partial charge in [-0.15, -0.1) is 0 Å². The summed E-state index contributed by atoms with van der Waals surface area (Å²) in [7, 11) is 0.426. The Hall–Kier alpha value is -0.990. The Balaban J connectivity index is 2.12.